The number of benzene rings is 2. The summed E-state index contributed by atoms with van der Waals surface area (Å²) in [6.45, 7) is 1.95. The van der Waals surface area contributed by atoms with Crippen molar-refractivity contribution in [1.29, 1.82) is 0 Å². The third kappa shape index (κ3) is 4.60. The van der Waals surface area contributed by atoms with Crippen molar-refractivity contribution in [2.24, 2.45) is 0 Å². The average molecular weight is 318 g/mol. The SMILES string of the molecule is Cc1ccccc1CC(=O)Nc1ccccc1NS(C)(=O)=O. The van der Waals surface area contributed by atoms with Crippen molar-refractivity contribution < 1.29 is 13.2 Å². The normalized spacial score (nSPS) is 11.0. The summed E-state index contributed by atoms with van der Waals surface area (Å²) in [7, 11) is -3.40. The van der Waals surface area contributed by atoms with Crippen molar-refractivity contribution in [3.63, 3.8) is 0 Å². The number of hydrogen-bond donors (Lipinski definition) is 2. The second-order valence-electron chi connectivity index (χ2n) is 5.07. The number of hydrogen-bond acceptors (Lipinski definition) is 3. The molecule has 2 rings (SSSR count). The van der Waals surface area contributed by atoms with Crippen molar-refractivity contribution >= 4 is 27.3 Å². The molecule has 1 amide bonds. The van der Waals surface area contributed by atoms with Crippen LogP contribution in [0.15, 0.2) is 48.5 Å². The third-order valence-electron chi connectivity index (χ3n) is 3.11. The fourth-order valence-electron chi connectivity index (χ4n) is 2.06. The summed E-state index contributed by atoms with van der Waals surface area (Å²) < 4.78 is 25.1. The lowest BCUT2D eigenvalue weighted by atomic mass is 10.1. The maximum absolute atomic E-state index is 12.2. The summed E-state index contributed by atoms with van der Waals surface area (Å²) in [6.07, 6.45) is 1.30. The lowest BCUT2D eigenvalue weighted by Gasteiger charge is -2.12. The Balaban J connectivity index is 2.14. The lowest BCUT2D eigenvalue weighted by molar-refractivity contribution is -0.115. The molecule has 0 fully saturated rings. The van der Waals surface area contributed by atoms with E-state index in [1.54, 1.807) is 24.3 Å². The van der Waals surface area contributed by atoms with Crippen LogP contribution in [0, 0.1) is 6.92 Å². The molecule has 0 heterocycles. The van der Waals surface area contributed by atoms with E-state index in [0.717, 1.165) is 17.4 Å². The predicted octanol–water partition coefficient (Wildman–Crippen LogP) is 2.55. The van der Waals surface area contributed by atoms with E-state index in [4.69, 9.17) is 0 Å². The Morgan fingerprint density at radius 2 is 1.59 bits per heavy atom. The molecular formula is C16H18N2O3S. The van der Waals surface area contributed by atoms with Crippen molar-refractivity contribution in [3.8, 4) is 0 Å². The van der Waals surface area contributed by atoms with Crippen LogP contribution in [-0.4, -0.2) is 20.6 Å². The first-order valence-electron chi connectivity index (χ1n) is 6.76. The van der Waals surface area contributed by atoms with E-state index in [2.05, 4.69) is 10.0 Å². The van der Waals surface area contributed by atoms with Crippen LogP contribution in [0.2, 0.25) is 0 Å². The highest BCUT2D eigenvalue weighted by molar-refractivity contribution is 7.92. The summed E-state index contributed by atoms with van der Waals surface area (Å²) in [5, 5.41) is 2.74. The highest BCUT2D eigenvalue weighted by Crippen LogP contribution is 2.22. The minimum absolute atomic E-state index is 0.197. The van der Waals surface area contributed by atoms with Crippen molar-refractivity contribution in [2.75, 3.05) is 16.3 Å². The summed E-state index contributed by atoms with van der Waals surface area (Å²) in [6, 6.07) is 14.3. The first-order valence-corrected chi connectivity index (χ1v) is 8.65. The van der Waals surface area contributed by atoms with Gasteiger partial charge in [-0.3, -0.25) is 9.52 Å². The van der Waals surface area contributed by atoms with Crippen LogP contribution in [0.5, 0.6) is 0 Å². The number of sulfonamides is 1. The van der Waals surface area contributed by atoms with Gasteiger partial charge in [0, 0.05) is 0 Å². The number of anilines is 2. The number of para-hydroxylation sites is 2. The molecule has 0 unspecified atom stereocenters. The number of nitrogens with one attached hydrogen (secondary N) is 2. The standard InChI is InChI=1S/C16H18N2O3S/c1-12-7-3-4-8-13(12)11-16(19)17-14-9-5-6-10-15(14)18-22(2,20)21/h3-10,18H,11H2,1-2H3,(H,17,19). The van der Waals surface area contributed by atoms with Gasteiger partial charge in [-0.1, -0.05) is 36.4 Å². The molecule has 0 aliphatic heterocycles. The zero-order valence-corrected chi connectivity index (χ0v) is 13.3. The van der Waals surface area contributed by atoms with E-state index in [1.807, 2.05) is 31.2 Å². The molecule has 0 atom stereocenters. The predicted molar refractivity (Wildman–Crippen MR) is 88.4 cm³/mol. The third-order valence-corrected chi connectivity index (χ3v) is 3.70. The summed E-state index contributed by atoms with van der Waals surface area (Å²) in [5.74, 6) is -0.197. The zero-order chi connectivity index (χ0) is 16.2. The largest absolute Gasteiger partial charge is 0.324 e. The van der Waals surface area contributed by atoms with Gasteiger partial charge in [0.2, 0.25) is 15.9 Å². The molecular weight excluding hydrogens is 300 g/mol. The number of amides is 1. The zero-order valence-electron chi connectivity index (χ0n) is 12.5. The minimum atomic E-state index is -3.40. The summed E-state index contributed by atoms with van der Waals surface area (Å²) in [5.41, 5.74) is 2.77. The van der Waals surface area contributed by atoms with E-state index in [-0.39, 0.29) is 12.3 Å². The minimum Gasteiger partial charge on any atom is -0.324 e. The monoisotopic (exact) mass is 318 g/mol. The van der Waals surface area contributed by atoms with Crippen LogP contribution in [-0.2, 0) is 21.2 Å². The van der Waals surface area contributed by atoms with Crippen LogP contribution in [0.3, 0.4) is 0 Å². The maximum atomic E-state index is 12.2. The molecule has 0 radical (unpaired) electrons. The Bertz CT molecular complexity index is 785. The van der Waals surface area contributed by atoms with Gasteiger partial charge in [0.25, 0.3) is 0 Å². The average Bonchev–Trinajstić information content (AvgIpc) is 2.42. The van der Waals surface area contributed by atoms with E-state index in [0.29, 0.717) is 11.4 Å². The fourth-order valence-corrected chi connectivity index (χ4v) is 2.63. The van der Waals surface area contributed by atoms with Gasteiger partial charge in [-0.25, -0.2) is 8.42 Å². The molecule has 6 heteroatoms. The molecule has 0 spiro atoms. The van der Waals surface area contributed by atoms with Gasteiger partial charge >= 0.3 is 0 Å². The molecule has 0 aliphatic carbocycles. The summed E-state index contributed by atoms with van der Waals surface area (Å²) in [4.78, 5) is 12.2. The van der Waals surface area contributed by atoms with Crippen molar-refractivity contribution in [2.45, 2.75) is 13.3 Å². The lowest BCUT2D eigenvalue weighted by Crippen LogP contribution is -2.17. The number of aryl methyl sites for hydroxylation is 1. The van der Waals surface area contributed by atoms with E-state index in [9.17, 15) is 13.2 Å². The molecule has 0 saturated heterocycles. The van der Waals surface area contributed by atoms with Gasteiger partial charge in [0.05, 0.1) is 24.1 Å². The van der Waals surface area contributed by atoms with Gasteiger partial charge in [-0.15, -0.1) is 0 Å². The second-order valence-corrected chi connectivity index (χ2v) is 6.82. The van der Waals surface area contributed by atoms with Crippen LogP contribution >= 0.6 is 0 Å². The van der Waals surface area contributed by atoms with Crippen LogP contribution in [0.25, 0.3) is 0 Å². The Labute approximate surface area is 130 Å². The number of carbonyl (C=O) groups is 1. The van der Waals surface area contributed by atoms with Crippen LogP contribution in [0.1, 0.15) is 11.1 Å². The summed E-state index contributed by atoms with van der Waals surface area (Å²) >= 11 is 0. The van der Waals surface area contributed by atoms with Gasteiger partial charge in [0.1, 0.15) is 0 Å². The molecule has 2 aromatic carbocycles. The molecule has 0 bridgehead atoms. The molecule has 2 N–H and O–H groups in total. The number of carbonyl (C=O) groups excluding carboxylic acids is 1. The van der Waals surface area contributed by atoms with Gasteiger partial charge in [0.15, 0.2) is 0 Å². The molecule has 0 aliphatic rings. The Morgan fingerprint density at radius 1 is 1.00 bits per heavy atom. The van der Waals surface area contributed by atoms with Crippen molar-refractivity contribution in [1.82, 2.24) is 0 Å². The molecule has 0 aromatic heterocycles. The molecule has 116 valence electrons. The van der Waals surface area contributed by atoms with Crippen molar-refractivity contribution in [3.05, 3.63) is 59.7 Å². The molecule has 2 aromatic rings. The quantitative estimate of drug-likeness (QED) is 0.889. The molecule has 22 heavy (non-hydrogen) atoms. The molecule has 5 nitrogen and oxygen atoms in total. The fraction of sp³-hybridized carbons (Fsp3) is 0.188. The van der Waals surface area contributed by atoms with E-state index < -0.39 is 10.0 Å². The van der Waals surface area contributed by atoms with Gasteiger partial charge in [-0.2, -0.15) is 0 Å². The first-order chi connectivity index (χ1) is 10.3. The van der Waals surface area contributed by atoms with Gasteiger partial charge < -0.3 is 5.32 Å². The van der Waals surface area contributed by atoms with Crippen LogP contribution < -0.4 is 10.0 Å². The topological polar surface area (TPSA) is 75.3 Å². The highest BCUT2D eigenvalue weighted by Gasteiger charge is 2.11. The molecule has 0 saturated carbocycles. The van der Waals surface area contributed by atoms with Gasteiger partial charge in [-0.05, 0) is 30.2 Å². The Hall–Kier alpha value is -2.34. The maximum Gasteiger partial charge on any atom is 0.229 e. The first kappa shape index (κ1) is 16.0. The van der Waals surface area contributed by atoms with E-state index >= 15 is 0 Å². The van der Waals surface area contributed by atoms with E-state index in [1.165, 1.54) is 0 Å². The highest BCUT2D eigenvalue weighted by atomic mass is 32.2. The number of rotatable bonds is 5. The Kier molecular flexibility index (Phi) is 4.82. The van der Waals surface area contributed by atoms with Crippen LogP contribution in [0.4, 0.5) is 11.4 Å². The second kappa shape index (κ2) is 6.62. The Morgan fingerprint density at radius 3 is 2.23 bits per heavy atom. The smallest absolute Gasteiger partial charge is 0.229 e.